The molecule has 2 rings (SSSR count). The molecular formula is C15H30N2OS. The van der Waals surface area contributed by atoms with Crippen LogP contribution in [0.5, 0.6) is 0 Å². The molecule has 0 radical (unpaired) electrons. The summed E-state index contributed by atoms with van der Waals surface area (Å²) in [6.45, 7) is 11.0. The maximum absolute atomic E-state index is 6.21. The molecule has 0 aromatic heterocycles. The van der Waals surface area contributed by atoms with Crippen molar-refractivity contribution in [2.24, 2.45) is 5.73 Å². The number of nitrogens with zero attached hydrogens (tertiary/aromatic N) is 1. The van der Waals surface area contributed by atoms with E-state index < -0.39 is 0 Å². The van der Waals surface area contributed by atoms with Gasteiger partial charge in [-0.05, 0) is 33.1 Å². The van der Waals surface area contributed by atoms with Gasteiger partial charge in [0.1, 0.15) is 0 Å². The second kappa shape index (κ2) is 6.33. The van der Waals surface area contributed by atoms with E-state index in [9.17, 15) is 0 Å². The largest absolute Gasteiger partial charge is 0.378 e. The van der Waals surface area contributed by atoms with Crippen LogP contribution in [0.1, 0.15) is 46.5 Å². The fourth-order valence-electron chi connectivity index (χ4n) is 3.53. The van der Waals surface area contributed by atoms with Crippen LogP contribution >= 0.6 is 11.8 Å². The van der Waals surface area contributed by atoms with Crippen molar-refractivity contribution >= 4 is 11.8 Å². The third-order valence-corrected chi connectivity index (χ3v) is 5.91. The molecule has 0 bridgehead atoms. The molecule has 2 unspecified atom stereocenters. The Morgan fingerprint density at radius 2 is 2.21 bits per heavy atom. The summed E-state index contributed by atoms with van der Waals surface area (Å²) in [5.74, 6) is 1.23. The maximum Gasteiger partial charge on any atom is 0.0593 e. The lowest BCUT2D eigenvalue weighted by molar-refractivity contribution is -0.0748. The normalized spacial score (nSPS) is 36.3. The molecule has 2 saturated heterocycles. The van der Waals surface area contributed by atoms with Gasteiger partial charge in [0.15, 0.2) is 0 Å². The average molecular weight is 286 g/mol. The SMILES string of the molecule is CCCC1CC(CN)(N2CCSC(C)(C)C2)CCO1. The number of ether oxygens (including phenoxy) is 1. The molecule has 112 valence electrons. The van der Waals surface area contributed by atoms with E-state index in [4.69, 9.17) is 10.5 Å². The van der Waals surface area contributed by atoms with Gasteiger partial charge in [-0.2, -0.15) is 11.8 Å². The molecule has 0 saturated carbocycles. The van der Waals surface area contributed by atoms with E-state index in [1.165, 1.54) is 25.1 Å². The molecule has 2 atom stereocenters. The van der Waals surface area contributed by atoms with Crippen LogP contribution in [0.2, 0.25) is 0 Å². The van der Waals surface area contributed by atoms with Crippen molar-refractivity contribution in [1.82, 2.24) is 4.90 Å². The van der Waals surface area contributed by atoms with Crippen LogP contribution in [-0.2, 0) is 4.74 Å². The molecule has 19 heavy (non-hydrogen) atoms. The van der Waals surface area contributed by atoms with Gasteiger partial charge in [0, 0.05) is 42.3 Å². The smallest absolute Gasteiger partial charge is 0.0593 e. The molecule has 2 N–H and O–H groups in total. The number of rotatable bonds is 4. The lowest BCUT2D eigenvalue weighted by Crippen LogP contribution is -2.62. The second-order valence-corrected chi connectivity index (χ2v) is 8.50. The van der Waals surface area contributed by atoms with Crippen LogP contribution in [0, 0.1) is 0 Å². The van der Waals surface area contributed by atoms with Crippen LogP contribution in [0.3, 0.4) is 0 Å². The molecule has 2 aliphatic heterocycles. The van der Waals surface area contributed by atoms with Crippen molar-refractivity contribution < 1.29 is 4.74 Å². The zero-order valence-electron chi connectivity index (χ0n) is 12.8. The number of hydrogen-bond acceptors (Lipinski definition) is 4. The zero-order chi connectivity index (χ0) is 13.9. The Balaban J connectivity index is 2.08. The molecule has 0 aromatic rings. The molecule has 0 aliphatic carbocycles. The maximum atomic E-state index is 6.21. The van der Waals surface area contributed by atoms with E-state index >= 15 is 0 Å². The zero-order valence-corrected chi connectivity index (χ0v) is 13.6. The quantitative estimate of drug-likeness (QED) is 0.862. The summed E-state index contributed by atoms with van der Waals surface area (Å²) in [4.78, 5) is 2.68. The minimum Gasteiger partial charge on any atom is -0.378 e. The van der Waals surface area contributed by atoms with Crippen molar-refractivity contribution in [2.45, 2.75) is 62.8 Å². The molecule has 4 heteroatoms. The van der Waals surface area contributed by atoms with E-state index in [1.807, 2.05) is 0 Å². The molecule has 3 nitrogen and oxygen atoms in total. The second-order valence-electron chi connectivity index (χ2n) is 6.69. The van der Waals surface area contributed by atoms with Gasteiger partial charge < -0.3 is 10.5 Å². The minimum absolute atomic E-state index is 0.191. The summed E-state index contributed by atoms with van der Waals surface area (Å²) in [6.07, 6.45) is 5.02. The van der Waals surface area contributed by atoms with Crippen LogP contribution in [0.4, 0.5) is 0 Å². The Bertz CT molecular complexity index is 296. The van der Waals surface area contributed by atoms with E-state index in [-0.39, 0.29) is 5.54 Å². The topological polar surface area (TPSA) is 38.5 Å². The molecule has 2 heterocycles. The van der Waals surface area contributed by atoms with E-state index in [0.29, 0.717) is 10.9 Å². The molecular weight excluding hydrogens is 256 g/mol. The fraction of sp³-hybridized carbons (Fsp3) is 1.00. The highest BCUT2D eigenvalue weighted by Crippen LogP contribution is 2.38. The highest BCUT2D eigenvalue weighted by molar-refractivity contribution is 8.00. The fourth-order valence-corrected chi connectivity index (χ4v) is 4.64. The van der Waals surface area contributed by atoms with E-state index in [2.05, 4.69) is 37.4 Å². The lowest BCUT2D eigenvalue weighted by atomic mass is 9.83. The minimum atomic E-state index is 0.191. The first-order valence-electron chi connectivity index (χ1n) is 7.72. The molecule has 2 fully saturated rings. The molecule has 2 aliphatic rings. The van der Waals surface area contributed by atoms with Gasteiger partial charge >= 0.3 is 0 Å². The van der Waals surface area contributed by atoms with Crippen LogP contribution in [0.25, 0.3) is 0 Å². The van der Waals surface area contributed by atoms with Gasteiger partial charge in [-0.1, -0.05) is 13.3 Å². The van der Waals surface area contributed by atoms with Gasteiger partial charge in [0.25, 0.3) is 0 Å². The predicted molar refractivity (Wildman–Crippen MR) is 83.8 cm³/mol. The summed E-state index contributed by atoms with van der Waals surface area (Å²) < 4.78 is 6.29. The molecule has 0 aromatic carbocycles. The predicted octanol–water partition coefficient (Wildman–Crippen LogP) is 2.49. The monoisotopic (exact) mass is 286 g/mol. The molecule has 0 amide bonds. The van der Waals surface area contributed by atoms with Crippen LogP contribution < -0.4 is 5.73 Å². The van der Waals surface area contributed by atoms with Gasteiger partial charge in [-0.25, -0.2) is 0 Å². The summed E-state index contributed by atoms with van der Waals surface area (Å²) in [5.41, 5.74) is 6.40. The highest BCUT2D eigenvalue weighted by atomic mass is 32.2. The van der Waals surface area contributed by atoms with Crippen molar-refractivity contribution in [1.29, 1.82) is 0 Å². The van der Waals surface area contributed by atoms with Crippen LogP contribution in [-0.4, -0.2) is 53.3 Å². The summed E-state index contributed by atoms with van der Waals surface area (Å²) in [7, 11) is 0. The number of thioether (sulfide) groups is 1. The first-order valence-corrected chi connectivity index (χ1v) is 8.70. The van der Waals surface area contributed by atoms with Crippen molar-refractivity contribution in [3.63, 3.8) is 0 Å². The van der Waals surface area contributed by atoms with Crippen molar-refractivity contribution in [2.75, 3.05) is 32.0 Å². The van der Waals surface area contributed by atoms with Crippen molar-refractivity contribution in [3.05, 3.63) is 0 Å². The summed E-state index contributed by atoms with van der Waals surface area (Å²) in [5, 5.41) is 0. The van der Waals surface area contributed by atoms with Crippen LogP contribution in [0.15, 0.2) is 0 Å². The first-order chi connectivity index (χ1) is 9.01. The third kappa shape index (κ3) is 3.66. The van der Waals surface area contributed by atoms with Gasteiger partial charge in [0.2, 0.25) is 0 Å². The van der Waals surface area contributed by atoms with Gasteiger partial charge in [-0.15, -0.1) is 0 Å². The van der Waals surface area contributed by atoms with Gasteiger partial charge in [-0.3, -0.25) is 4.90 Å². The number of hydrogen-bond donors (Lipinski definition) is 1. The Morgan fingerprint density at radius 3 is 2.84 bits per heavy atom. The standard InChI is InChI=1S/C15H30N2OS/c1-4-5-13-10-15(11-16,6-8-18-13)17-7-9-19-14(2,3)12-17/h13H,4-12,16H2,1-3H3. The first kappa shape index (κ1) is 15.6. The third-order valence-electron chi connectivity index (χ3n) is 4.62. The highest BCUT2D eigenvalue weighted by Gasteiger charge is 2.43. The Morgan fingerprint density at radius 1 is 1.42 bits per heavy atom. The van der Waals surface area contributed by atoms with E-state index in [1.54, 1.807) is 0 Å². The Kier molecular flexibility index (Phi) is 5.21. The lowest BCUT2D eigenvalue weighted by Gasteiger charge is -2.52. The summed E-state index contributed by atoms with van der Waals surface area (Å²) >= 11 is 2.09. The number of nitrogens with two attached hydrogens (primary N) is 1. The molecule has 0 spiro atoms. The average Bonchev–Trinajstić information content (AvgIpc) is 2.38. The Labute approximate surface area is 122 Å². The van der Waals surface area contributed by atoms with E-state index in [0.717, 1.165) is 32.5 Å². The summed E-state index contributed by atoms with van der Waals surface area (Å²) in [6, 6.07) is 0. The van der Waals surface area contributed by atoms with Crippen molar-refractivity contribution in [3.8, 4) is 0 Å². The Hall–Kier alpha value is 0.230. The van der Waals surface area contributed by atoms with Gasteiger partial charge in [0.05, 0.1) is 6.10 Å².